The normalized spacial score (nSPS) is 12.1. The molecule has 0 aliphatic rings. The first-order chi connectivity index (χ1) is 16.1. The SMILES string of the molecule is CCCCNC(=O)[C@@H](CC)N(Cc1ccc(Cl)cc1)C(=O)CN(c1ccc(Cl)cc1)S(C)(=O)=O. The third-order valence-electron chi connectivity index (χ3n) is 5.28. The van der Waals surface area contributed by atoms with Crippen molar-refractivity contribution in [2.24, 2.45) is 0 Å². The van der Waals surface area contributed by atoms with Crippen molar-refractivity contribution >= 4 is 50.7 Å². The number of amides is 2. The van der Waals surface area contributed by atoms with E-state index in [1.165, 1.54) is 17.0 Å². The number of carbonyl (C=O) groups excluding carboxylic acids is 2. The lowest BCUT2D eigenvalue weighted by Gasteiger charge is -2.33. The highest BCUT2D eigenvalue weighted by atomic mass is 35.5. The van der Waals surface area contributed by atoms with E-state index in [2.05, 4.69) is 5.32 Å². The molecule has 0 fully saturated rings. The molecule has 0 unspecified atom stereocenters. The summed E-state index contributed by atoms with van der Waals surface area (Å²) in [6.07, 6.45) is 3.16. The zero-order valence-electron chi connectivity index (χ0n) is 19.6. The molecule has 1 atom stereocenters. The average molecular weight is 529 g/mol. The molecule has 2 aromatic carbocycles. The van der Waals surface area contributed by atoms with Gasteiger partial charge in [0.25, 0.3) is 0 Å². The molecule has 34 heavy (non-hydrogen) atoms. The molecule has 0 saturated carbocycles. The van der Waals surface area contributed by atoms with Gasteiger partial charge in [-0.1, -0.05) is 55.6 Å². The Bertz CT molecular complexity index is 1060. The standard InChI is InChI=1S/C24H31Cl2N3O4S/c1-4-6-15-27-24(31)22(5-2)28(16-18-7-9-19(25)10-8-18)23(30)17-29(34(3,32)33)21-13-11-20(26)12-14-21/h7-14,22H,4-6,15-17H2,1-3H3,(H,27,31)/t22-/m1/s1. The van der Waals surface area contributed by atoms with Gasteiger partial charge in [-0.2, -0.15) is 0 Å². The van der Waals surface area contributed by atoms with Crippen LogP contribution in [-0.2, 0) is 26.2 Å². The van der Waals surface area contributed by atoms with Crippen LogP contribution < -0.4 is 9.62 Å². The maximum absolute atomic E-state index is 13.5. The summed E-state index contributed by atoms with van der Waals surface area (Å²) >= 11 is 11.9. The van der Waals surface area contributed by atoms with Gasteiger partial charge in [-0.3, -0.25) is 13.9 Å². The maximum atomic E-state index is 13.5. The minimum Gasteiger partial charge on any atom is -0.354 e. The van der Waals surface area contributed by atoms with Crippen LogP contribution in [0, 0.1) is 0 Å². The van der Waals surface area contributed by atoms with Crippen molar-refractivity contribution in [3.63, 3.8) is 0 Å². The molecule has 10 heteroatoms. The zero-order valence-corrected chi connectivity index (χ0v) is 22.0. The number of nitrogens with one attached hydrogen (secondary N) is 1. The predicted molar refractivity (Wildman–Crippen MR) is 138 cm³/mol. The largest absolute Gasteiger partial charge is 0.354 e. The molecule has 1 N–H and O–H groups in total. The molecule has 2 amide bonds. The van der Waals surface area contributed by atoms with Crippen LogP contribution in [0.1, 0.15) is 38.7 Å². The predicted octanol–water partition coefficient (Wildman–Crippen LogP) is 4.48. The first-order valence-electron chi connectivity index (χ1n) is 11.1. The fraction of sp³-hybridized carbons (Fsp3) is 0.417. The highest BCUT2D eigenvalue weighted by Crippen LogP contribution is 2.22. The summed E-state index contributed by atoms with van der Waals surface area (Å²) < 4.78 is 26.1. The number of benzene rings is 2. The molecule has 186 valence electrons. The fourth-order valence-electron chi connectivity index (χ4n) is 3.43. The van der Waals surface area contributed by atoms with Crippen molar-refractivity contribution in [2.45, 2.75) is 45.7 Å². The molecular formula is C24H31Cl2N3O4S. The molecule has 0 aliphatic heterocycles. The summed E-state index contributed by atoms with van der Waals surface area (Å²) in [5, 5.41) is 3.89. The van der Waals surface area contributed by atoms with Crippen LogP contribution in [0.15, 0.2) is 48.5 Å². The van der Waals surface area contributed by atoms with Gasteiger partial charge in [0.2, 0.25) is 21.8 Å². The molecule has 0 aliphatic carbocycles. The minimum absolute atomic E-state index is 0.133. The van der Waals surface area contributed by atoms with E-state index in [0.717, 1.165) is 29.0 Å². The number of anilines is 1. The molecule has 0 heterocycles. The van der Waals surface area contributed by atoms with E-state index in [-0.39, 0.29) is 12.5 Å². The Morgan fingerprint density at radius 1 is 0.971 bits per heavy atom. The first kappa shape index (κ1) is 28.0. The summed E-state index contributed by atoms with van der Waals surface area (Å²) in [7, 11) is -3.78. The smallest absolute Gasteiger partial charge is 0.244 e. The van der Waals surface area contributed by atoms with Gasteiger partial charge >= 0.3 is 0 Å². The molecule has 2 aromatic rings. The summed E-state index contributed by atoms with van der Waals surface area (Å²) in [6, 6.07) is 12.4. The van der Waals surface area contributed by atoms with Crippen molar-refractivity contribution in [3.05, 3.63) is 64.1 Å². The van der Waals surface area contributed by atoms with E-state index in [0.29, 0.717) is 28.7 Å². The highest BCUT2D eigenvalue weighted by Gasteiger charge is 2.31. The second kappa shape index (κ2) is 13.0. The molecule has 7 nitrogen and oxygen atoms in total. The van der Waals surface area contributed by atoms with Crippen LogP contribution in [0.5, 0.6) is 0 Å². The lowest BCUT2D eigenvalue weighted by Crippen LogP contribution is -2.52. The number of sulfonamides is 1. The molecule has 0 saturated heterocycles. The first-order valence-corrected chi connectivity index (χ1v) is 13.7. The van der Waals surface area contributed by atoms with Crippen LogP contribution in [0.4, 0.5) is 5.69 Å². The van der Waals surface area contributed by atoms with E-state index in [1.54, 1.807) is 36.4 Å². The van der Waals surface area contributed by atoms with E-state index >= 15 is 0 Å². The Hall–Kier alpha value is -2.29. The Labute approximate surface area is 212 Å². The second-order valence-corrected chi connectivity index (χ2v) is 10.7. The van der Waals surface area contributed by atoms with Crippen molar-refractivity contribution in [1.82, 2.24) is 10.2 Å². The number of halogens is 2. The van der Waals surface area contributed by atoms with Crippen molar-refractivity contribution in [2.75, 3.05) is 23.7 Å². The van der Waals surface area contributed by atoms with Gasteiger partial charge in [0.15, 0.2) is 0 Å². The fourth-order valence-corrected chi connectivity index (χ4v) is 4.53. The maximum Gasteiger partial charge on any atom is 0.244 e. The van der Waals surface area contributed by atoms with Gasteiger partial charge in [-0.15, -0.1) is 0 Å². The third-order valence-corrected chi connectivity index (χ3v) is 6.92. The van der Waals surface area contributed by atoms with Crippen LogP contribution in [-0.4, -0.2) is 50.5 Å². The third kappa shape index (κ3) is 8.18. The quantitative estimate of drug-likeness (QED) is 0.412. The second-order valence-electron chi connectivity index (χ2n) is 7.96. The Morgan fingerprint density at radius 2 is 1.53 bits per heavy atom. The number of nitrogens with zero attached hydrogens (tertiary/aromatic N) is 2. The zero-order chi connectivity index (χ0) is 25.3. The number of unbranched alkanes of at least 4 members (excludes halogenated alkanes) is 1. The molecule has 0 aromatic heterocycles. The minimum atomic E-state index is -3.78. The van der Waals surface area contributed by atoms with Crippen LogP contribution in [0.25, 0.3) is 0 Å². The van der Waals surface area contributed by atoms with Crippen LogP contribution in [0.2, 0.25) is 10.0 Å². The lowest BCUT2D eigenvalue weighted by atomic mass is 10.1. The van der Waals surface area contributed by atoms with E-state index in [9.17, 15) is 18.0 Å². The molecule has 0 radical (unpaired) electrons. The Morgan fingerprint density at radius 3 is 2.03 bits per heavy atom. The Kier molecular flexibility index (Phi) is 10.7. The van der Waals surface area contributed by atoms with Gasteiger partial charge in [0.1, 0.15) is 12.6 Å². The average Bonchev–Trinajstić information content (AvgIpc) is 2.78. The topological polar surface area (TPSA) is 86.8 Å². The number of carbonyl (C=O) groups is 2. The summed E-state index contributed by atoms with van der Waals surface area (Å²) in [5.41, 5.74) is 1.09. The number of rotatable bonds is 12. The van der Waals surface area contributed by atoms with E-state index in [4.69, 9.17) is 23.2 Å². The van der Waals surface area contributed by atoms with Crippen LogP contribution >= 0.6 is 23.2 Å². The summed E-state index contributed by atoms with van der Waals surface area (Å²) in [5.74, 6) is -0.761. The number of hydrogen-bond donors (Lipinski definition) is 1. The van der Waals surface area contributed by atoms with Crippen molar-refractivity contribution in [1.29, 1.82) is 0 Å². The summed E-state index contributed by atoms with van der Waals surface area (Å²) in [6.45, 7) is 4.03. The number of hydrogen-bond acceptors (Lipinski definition) is 4. The Balaban J connectivity index is 2.37. The highest BCUT2D eigenvalue weighted by molar-refractivity contribution is 7.92. The molecular weight excluding hydrogens is 497 g/mol. The molecule has 0 bridgehead atoms. The van der Waals surface area contributed by atoms with Gasteiger partial charge in [-0.05, 0) is 54.8 Å². The van der Waals surface area contributed by atoms with Crippen molar-refractivity contribution < 1.29 is 18.0 Å². The van der Waals surface area contributed by atoms with Gasteiger partial charge in [0, 0.05) is 23.1 Å². The summed E-state index contributed by atoms with van der Waals surface area (Å²) in [4.78, 5) is 27.9. The van der Waals surface area contributed by atoms with Crippen LogP contribution in [0.3, 0.4) is 0 Å². The molecule has 2 rings (SSSR count). The monoisotopic (exact) mass is 527 g/mol. The van der Waals surface area contributed by atoms with Gasteiger partial charge in [-0.25, -0.2) is 8.42 Å². The van der Waals surface area contributed by atoms with Crippen molar-refractivity contribution in [3.8, 4) is 0 Å². The van der Waals surface area contributed by atoms with Gasteiger partial charge in [0.05, 0.1) is 11.9 Å². The molecule has 0 spiro atoms. The van der Waals surface area contributed by atoms with E-state index in [1.807, 2.05) is 13.8 Å². The lowest BCUT2D eigenvalue weighted by molar-refractivity contribution is -0.140. The van der Waals surface area contributed by atoms with Gasteiger partial charge < -0.3 is 10.2 Å². The van der Waals surface area contributed by atoms with E-state index < -0.39 is 28.5 Å².